The van der Waals surface area contributed by atoms with E-state index in [0.29, 0.717) is 5.69 Å². The Labute approximate surface area is 130 Å². The van der Waals surface area contributed by atoms with Crippen molar-refractivity contribution in [3.05, 3.63) is 41.0 Å². The van der Waals surface area contributed by atoms with Crippen LogP contribution in [0.2, 0.25) is 0 Å². The number of nitrogens with zero attached hydrogens (tertiary/aromatic N) is 7. The largest absolute Gasteiger partial charge is 0.353 e. The van der Waals surface area contributed by atoms with E-state index in [-0.39, 0.29) is 24.7 Å². The Hall–Kier alpha value is -3.79. The van der Waals surface area contributed by atoms with Crippen LogP contribution >= 0.6 is 0 Å². The normalized spacial score (nSPS) is 9.48. The topological polar surface area (TPSA) is 145 Å². The minimum Gasteiger partial charge on any atom is -0.334 e. The molecule has 0 aliphatic carbocycles. The lowest BCUT2D eigenvalue weighted by molar-refractivity contribution is -0.383. The summed E-state index contributed by atoms with van der Waals surface area (Å²) in [6.07, 6.45) is 4.18. The third-order valence-electron chi connectivity index (χ3n) is 2.75. The molecular formula is C13H10N8O2. The molecule has 0 radical (unpaired) electrons. The Morgan fingerprint density at radius 1 is 1.22 bits per heavy atom. The molecule has 0 spiro atoms. The van der Waals surface area contributed by atoms with Crippen LogP contribution in [0, 0.1) is 32.8 Å². The van der Waals surface area contributed by atoms with Gasteiger partial charge in [0.05, 0.1) is 17.1 Å². The molecule has 0 aromatic carbocycles. The van der Waals surface area contributed by atoms with Gasteiger partial charge in [-0.25, -0.2) is 9.97 Å². The first-order valence-electron chi connectivity index (χ1n) is 6.32. The smallest absolute Gasteiger partial charge is 0.334 e. The first kappa shape index (κ1) is 15.6. The Morgan fingerprint density at radius 3 is 2.43 bits per heavy atom. The first-order chi connectivity index (χ1) is 11.2. The molecule has 10 nitrogen and oxygen atoms in total. The fourth-order valence-electron chi connectivity index (χ4n) is 1.81. The highest BCUT2D eigenvalue weighted by Crippen LogP contribution is 2.33. The van der Waals surface area contributed by atoms with Gasteiger partial charge >= 0.3 is 5.69 Å². The molecular weight excluding hydrogens is 300 g/mol. The summed E-state index contributed by atoms with van der Waals surface area (Å²) in [4.78, 5) is 23.6. The molecule has 0 fully saturated rings. The van der Waals surface area contributed by atoms with E-state index in [4.69, 9.17) is 10.5 Å². The van der Waals surface area contributed by atoms with E-state index >= 15 is 0 Å². The van der Waals surface area contributed by atoms with Crippen molar-refractivity contribution >= 4 is 23.0 Å². The third-order valence-corrected chi connectivity index (χ3v) is 2.75. The lowest BCUT2D eigenvalue weighted by atomic mass is 10.3. The van der Waals surface area contributed by atoms with Crippen LogP contribution < -0.4 is 10.2 Å². The SMILES string of the molecule is N#CCN(CC#N)c1ncnc(Nc2ccncc2)c1[N+](=O)[O-]. The number of nitrogens with one attached hydrogen (secondary N) is 1. The number of hydrogen-bond donors (Lipinski definition) is 1. The molecule has 2 aromatic heterocycles. The number of aromatic nitrogens is 3. The molecule has 114 valence electrons. The molecule has 2 heterocycles. The minimum absolute atomic E-state index is 0.0351. The van der Waals surface area contributed by atoms with Gasteiger partial charge in [-0.15, -0.1) is 0 Å². The number of nitro groups is 1. The summed E-state index contributed by atoms with van der Waals surface area (Å²) in [5, 5.41) is 31.9. The number of nitriles is 2. The van der Waals surface area contributed by atoms with Gasteiger partial charge in [0.15, 0.2) is 0 Å². The number of anilines is 3. The zero-order valence-corrected chi connectivity index (χ0v) is 11.7. The highest BCUT2D eigenvalue weighted by atomic mass is 16.6. The monoisotopic (exact) mass is 310 g/mol. The van der Waals surface area contributed by atoms with Crippen LogP contribution in [0.4, 0.5) is 23.0 Å². The van der Waals surface area contributed by atoms with Gasteiger partial charge in [-0.1, -0.05) is 0 Å². The number of pyridine rings is 1. The van der Waals surface area contributed by atoms with E-state index in [0.717, 1.165) is 6.33 Å². The fourth-order valence-corrected chi connectivity index (χ4v) is 1.81. The summed E-state index contributed by atoms with van der Waals surface area (Å²) in [5.74, 6) is -0.128. The predicted octanol–water partition coefficient (Wildman–Crippen LogP) is 1.38. The summed E-state index contributed by atoms with van der Waals surface area (Å²) in [6.45, 7) is -0.416. The van der Waals surface area contributed by atoms with Crippen molar-refractivity contribution in [1.29, 1.82) is 10.5 Å². The summed E-state index contributed by atoms with van der Waals surface area (Å²) >= 11 is 0. The maximum atomic E-state index is 11.4. The molecule has 0 bridgehead atoms. The van der Waals surface area contributed by atoms with Crippen LogP contribution in [-0.2, 0) is 0 Å². The maximum absolute atomic E-state index is 11.4. The zero-order valence-electron chi connectivity index (χ0n) is 11.7. The van der Waals surface area contributed by atoms with Gasteiger partial charge in [-0.3, -0.25) is 15.1 Å². The van der Waals surface area contributed by atoms with Crippen molar-refractivity contribution in [1.82, 2.24) is 15.0 Å². The van der Waals surface area contributed by atoms with Gasteiger partial charge in [0.1, 0.15) is 19.4 Å². The molecule has 0 saturated heterocycles. The van der Waals surface area contributed by atoms with E-state index in [2.05, 4.69) is 20.3 Å². The maximum Gasteiger partial charge on any atom is 0.353 e. The second kappa shape index (κ2) is 7.28. The van der Waals surface area contributed by atoms with E-state index < -0.39 is 10.6 Å². The van der Waals surface area contributed by atoms with Crippen LogP contribution in [0.15, 0.2) is 30.9 Å². The summed E-state index contributed by atoms with van der Waals surface area (Å²) in [5.41, 5.74) is 0.148. The second-order valence-corrected chi connectivity index (χ2v) is 4.18. The molecule has 23 heavy (non-hydrogen) atoms. The summed E-state index contributed by atoms with van der Waals surface area (Å²) in [6, 6.07) is 6.94. The molecule has 2 rings (SSSR count). The Kier molecular flexibility index (Phi) is 4.94. The van der Waals surface area contributed by atoms with E-state index in [9.17, 15) is 10.1 Å². The Bertz CT molecular complexity index is 765. The van der Waals surface area contributed by atoms with E-state index in [1.807, 2.05) is 12.1 Å². The third kappa shape index (κ3) is 3.65. The molecule has 0 aliphatic heterocycles. The first-order valence-corrected chi connectivity index (χ1v) is 6.32. The van der Waals surface area contributed by atoms with Gasteiger partial charge in [0, 0.05) is 18.1 Å². The van der Waals surface area contributed by atoms with Crippen molar-refractivity contribution in [2.75, 3.05) is 23.3 Å². The van der Waals surface area contributed by atoms with Crippen LogP contribution in [-0.4, -0.2) is 33.0 Å². The van der Waals surface area contributed by atoms with Crippen LogP contribution in [0.1, 0.15) is 0 Å². The zero-order chi connectivity index (χ0) is 16.7. The average Bonchev–Trinajstić information content (AvgIpc) is 2.55. The van der Waals surface area contributed by atoms with E-state index in [1.54, 1.807) is 12.1 Å². The second-order valence-electron chi connectivity index (χ2n) is 4.18. The standard InChI is InChI=1S/C13H10N8O2/c14-3-7-20(8-4-15)13-11(21(22)23)12(17-9-18-13)19-10-1-5-16-6-2-10/h1-2,5-6,9H,7-8H2,(H,16,17,18,19). The van der Waals surface area contributed by atoms with Crippen LogP contribution in [0.3, 0.4) is 0 Å². The molecule has 0 atom stereocenters. The molecule has 0 aliphatic rings. The summed E-state index contributed by atoms with van der Waals surface area (Å²) < 4.78 is 0. The Morgan fingerprint density at radius 2 is 1.87 bits per heavy atom. The number of rotatable bonds is 6. The van der Waals surface area contributed by atoms with Crippen LogP contribution in [0.5, 0.6) is 0 Å². The van der Waals surface area contributed by atoms with Gasteiger partial charge in [-0.05, 0) is 12.1 Å². The fraction of sp³-hybridized carbons (Fsp3) is 0.154. The van der Waals surface area contributed by atoms with Crippen molar-refractivity contribution in [3.8, 4) is 12.1 Å². The van der Waals surface area contributed by atoms with Crippen molar-refractivity contribution in [3.63, 3.8) is 0 Å². The molecule has 0 unspecified atom stereocenters. The summed E-state index contributed by atoms with van der Waals surface area (Å²) in [7, 11) is 0. The lowest BCUT2D eigenvalue weighted by Crippen LogP contribution is -2.26. The molecule has 10 heteroatoms. The van der Waals surface area contributed by atoms with Crippen molar-refractivity contribution in [2.45, 2.75) is 0 Å². The minimum atomic E-state index is -0.652. The number of hydrogen-bond acceptors (Lipinski definition) is 9. The van der Waals surface area contributed by atoms with Gasteiger partial charge in [0.2, 0.25) is 11.6 Å². The lowest BCUT2D eigenvalue weighted by Gasteiger charge is -2.17. The van der Waals surface area contributed by atoms with E-state index in [1.165, 1.54) is 17.3 Å². The Balaban J connectivity index is 2.48. The highest BCUT2D eigenvalue weighted by Gasteiger charge is 2.27. The molecule has 1 N–H and O–H groups in total. The quantitative estimate of drug-likeness (QED) is 0.475. The average molecular weight is 310 g/mol. The molecule has 0 saturated carbocycles. The van der Waals surface area contributed by atoms with Gasteiger partial charge in [-0.2, -0.15) is 10.5 Å². The molecule has 2 aromatic rings. The van der Waals surface area contributed by atoms with Gasteiger partial charge < -0.3 is 10.2 Å². The predicted molar refractivity (Wildman–Crippen MR) is 79.6 cm³/mol. The van der Waals surface area contributed by atoms with Crippen molar-refractivity contribution < 1.29 is 4.92 Å². The van der Waals surface area contributed by atoms with Gasteiger partial charge in [0.25, 0.3) is 0 Å². The highest BCUT2D eigenvalue weighted by molar-refractivity contribution is 5.74. The van der Waals surface area contributed by atoms with Crippen molar-refractivity contribution in [2.24, 2.45) is 0 Å². The van der Waals surface area contributed by atoms with Crippen LogP contribution in [0.25, 0.3) is 0 Å². The molecule has 0 amide bonds.